The predicted octanol–water partition coefficient (Wildman–Crippen LogP) is 4.63. The summed E-state index contributed by atoms with van der Waals surface area (Å²) in [4.78, 5) is 29.8. The van der Waals surface area contributed by atoms with E-state index >= 15 is 0 Å². The molecule has 1 aromatic carbocycles. The fourth-order valence-electron chi connectivity index (χ4n) is 3.60. The Morgan fingerprint density at radius 1 is 1.41 bits per heavy atom. The molecule has 0 aliphatic heterocycles. The smallest absolute Gasteiger partial charge is 0.265 e. The van der Waals surface area contributed by atoms with Gasteiger partial charge in [0.15, 0.2) is 0 Å². The predicted molar refractivity (Wildman–Crippen MR) is 109 cm³/mol. The number of aromatic amines is 1. The van der Waals surface area contributed by atoms with E-state index in [1.54, 1.807) is 12.1 Å². The van der Waals surface area contributed by atoms with Crippen LogP contribution in [0.3, 0.4) is 0 Å². The molecule has 2 heterocycles. The second kappa shape index (κ2) is 6.69. The molecule has 1 unspecified atom stereocenters. The van der Waals surface area contributed by atoms with Crippen molar-refractivity contribution in [3.8, 4) is 5.75 Å². The first kappa shape index (κ1) is 18.1. The van der Waals surface area contributed by atoms with Crippen molar-refractivity contribution in [1.82, 2.24) is 4.98 Å². The summed E-state index contributed by atoms with van der Waals surface area (Å²) in [6.45, 7) is 4.09. The zero-order valence-electron chi connectivity index (χ0n) is 15.0. The molecule has 140 valence electrons. The van der Waals surface area contributed by atoms with E-state index in [0.29, 0.717) is 26.8 Å². The van der Waals surface area contributed by atoms with Gasteiger partial charge < -0.3 is 15.4 Å². The van der Waals surface area contributed by atoms with Gasteiger partial charge in [-0.05, 0) is 55.4 Å². The lowest BCUT2D eigenvalue weighted by Crippen LogP contribution is -2.23. The highest BCUT2D eigenvalue weighted by Gasteiger charge is 2.27. The molecular formula is C20H19ClN2O3S. The van der Waals surface area contributed by atoms with Crippen molar-refractivity contribution >= 4 is 44.7 Å². The van der Waals surface area contributed by atoms with Crippen molar-refractivity contribution < 1.29 is 9.90 Å². The first-order valence-electron chi connectivity index (χ1n) is 8.82. The van der Waals surface area contributed by atoms with Crippen LogP contribution in [0.15, 0.2) is 23.0 Å². The monoisotopic (exact) mass is 402 g/mol. The van der Waals surface area contributed by atoms with Gasteiger partial charge in [0.2, 0.25) is 0 Å². The highest BCUT2D eigenvalue weighted by atomic mass is 35.5. The molecule has 0 radical (unpaired) electrons. The Balaban J connectivity index is 1.79. The molecule has 2 aromatic heterocycles. The Kier molecular flexibility index (Phi) is 4.48. The zero-order valence-corrected chi connectivity index (χ0v) is 16.6. The SMILES string of the molecule is Cc1ccc(NC(=O)c2c(O)c3c4c(sc3[nH]c2=O)CC(C)CC4)c(Cl)c1. The fourth-order valence-corrected chi connectivity index (χ4v) is 5.29. The second-order valence-electron chi connectivity index (χ2n) is 7.17. The molecular weight excluding hydrogens is 384 g/mol. The molecule has 5 nitrogen and oxygen atoms in total. The van der Waals surface area contributed by atoms with E-state index in [0.717, 1.165) is 30.4 Å². The van der Waals surface area contributed by atoms with E-state index in [1.807, 2.05) is 13.0 Å². The quantitative estimate of drug-likeness (QED) is 0.584. The molecule has 1 aliphatic rings. The lowest BCUT2D eigenvalue weighted by molar-refractivity contribution is 0.102. The van der Waals surface area contributed by atoms with Crippen LogP contribution in [0.4, 0.5) is 5.69 Å². The van der Waals surface area contributed by atoms with Crippen LogP contribution in [0.2, 0.25) is 5.02 Å². The van der Waals surface area contributed by atoms with E-state index < -0.39 is 11.5 Å². The number of aromatic nitrogens is 1. The fraction of sp³-hybridized carbons (Fsp3) is 0.300. The number of rotatable bonds is 2. The second-order valence-corrected chi connectivity index (χ2v) is 8.68. The van der Waals surface area contributed by atoms with Crippen LogP contribution in [0.1, 0.15) is 39.7 Å². The summed E-state index contributed by atoms with van der Waals surface area (Å²) < 4.78 is 0. The molecule has 1 aliphatic carbocycles. The highest BCUT2D eigenvalue weighted by Crippen LogP contribution is 2.41. The number of amides is 1. The Hall–Kier alpha value is -2.31. The summed E-state index contributed by atoms with van der Waals surface area (Å²) in [7, 11) is 0. The molecule has 3 N–H and O–H groups in total. The molecule has 3 aromatic rings. The molecule has 0 fully saturated rings. The summed E-state index contributed by atoms with van der Waals surface area (Å²) in [6.07, 6.45) is 2.79. The molecule has 1 amide bonds. The van der Waals surface area contributed by atoms with Crippen molar-refractivity contribution in [3.63, 3.8) is 0 Å². The van der Waals surface area contributed by atoms with Gasteiger partial charge in [0.05, 0.1) is 16.1 Å². The number of benzene rings is 1. The number of fused-ring (bicyclic) bond motifs is 3. The molecule has 0 bridgehead atoms. The number of halogens is 1. The van der Waals surface area contributed by atoms with Gasteiger partial charge in [-0.15, -0.1) is 11.3 Å². The summed E-state index contributed by atoms with van der Waals surface area (Å²) in [6, 6.07) is 5.21. The van der Waals surface area contributed by atoms with Crippen molar-refractivity contribution in [2.45, 2.75) is 33.1 Å². The zero-order chi connectivity index (χ0) is 19.3. The molecule has 7 heteroatoms. The highest BCUT2D eigenvalue weighted by molar-refractivity contribution is 7.18. The van der Waals surface area contributed by atoms with Gasteiger partial charge in [-0.1, -0.05) is 24.6 Å². The van der Waals surface area contributed by atoms with Gasteiger partial charge in [-0.25, -0.2) is 0 Å². The van der Waals surface area contributed by atoms with E-state index in [4.69, 9.17) is 11.6 Å². The maximum atomic E-state index is 12.7. The Morgan fingerprint density at radius 2 is 2.19 bits per heavy atom. The lowest BCUT2D eigenvalue weighted by Gasteiger charge is -2.18. The van der Waals surface area contributed by atoms with E-state index in [9.17, 15) is 14.7 Å². The van der Waals surface area contributed by atoms with Gasteiger partial charge >= 0.3 is 0 Å². The number of carbonyl (C=O) groups excluding carboxylic acids is 1. The van der Waals surface area contributed by atoms with Crippen LogP contribution >= 0.6 is 22.9 Å². The number of carbonyl (C=O) groups is 1. The number of aryl methyl sites for hydroxylation is 2. The topological polar surface area (TPSA) is 82.2 Å². The van der Waals surface area contributed by atoms with Crippen molar-refractivity contribution in [2.75, 3.05) is 5.32 Å². The Bertz CT molecular complexity index is 1130. The number of H-pyrrole nitrogens is 1. The minimum atomic E-state index is -0.675. The maximum Gasteiger partial charge on any atom is 0.265 e. The average molecular weight is 403 g/mol. The number of hydrogen-bond acceptors (Lipinski definition) is 4. The van der Waals surface area contributed by atoms with E-state index in [-0.39, 0.29) is 11.3 Å². The van der Waals surface area contributed by atoms with Crippen molar-refractivity contribution in [3.05, 3.63) is 55.1 Å². The van der Waals surface area contributed by atoms with Gasteiger partial charge in [0.1, 0.15) is 16.1 Å². The van der Waals surface area contributed by atoms with E-state index in [2.05, 4.69) is 17.2 Å². The van der Waals surface area contributed by atoms with Gasteiger partial charge in [0, 0.05) is 4.88 Å². The Labute approximate surface area is 165 Å². The minimum Gasteiger partial charge on any atom is -0.506 e. The van der Waals surface area contributed by atoms with Crippen molar-refractivity contribution in [2.24, 2.45) is 5.92 Å². The molecule has 0 saturated heterocycles. The van der Waals surface area contributed by atoms with Crippen molar-refractivity contribution in [1.29, 1.82) is 0 Å². The molecule has 0 saturated carbocycles. The van der Waals surface area contributed by atoms with Gasteiger partial charge in [0.25, 0.3) is 11.5 Å². The summed E-state index contributed by atoms with van der Waals surface area (Å²) in [5, 5.41) is 14.4. The third-order valence-electron chi connectivity index (χ3n) is 5.04. The minimum absolute atomic E-state index is 0.249. The Morgan fingerprint density at radius 3 is 2.93 bits per heavy atom. The maximum absolute atomic E-state index is 12.7. The van der Waals surface area contributed by atoms with Gasteiger partial charge in [-0.3, -0.25) is 9.59 Å². The van der Waals surface area contributed by atoms with Crippen LogP contribution in [-0.4, -0.2) is 16.0 Å². The summed E-state index contributed by atoms with van der Waals surface area (Å²) >= 11 is 7.66. The average Bonchev–Trinajstić information content (AvgIpc) is 2.94. The first-order valence-corrected chi connectivity index (χ1v) is 10.0. The number of anilines is 1. The number of aromatic hydroxyl groups is 1. The normalized spacial score (nSPS) is 16.3. The number of pyridine rings is 1. The first-order chi connectivity index (χ1) is 12.8. The van der Waals surface area contributed by atoms with Crippen LogP contribution < -0.4 is 10.9 Å². The third kappa shape index (κ3) is 3.13. The van der Waals surface area contributed by atoms with Crippen LogP contribution in [-0.2, 0) is 12.8 Å². The number of thiophene rings is 1. The molecule has 4 rings (SSSR count). The van der Waals surface area contributed by atoms with Crippen LogP contribution in [0.25, 0.3) is 10.2 Å². The van der Waals surface area contributed by atoms with Crippen LogP contribution in [0, 0.1) is 12.8 Å². The van der Waals surface area contributed by atoms with Gasteiger partial charge in [-0.2, -0.15) is 0 Å². The molecule has 0 spiro atoms. The summed E-state index contributed by atoms with van der Waals surface area (Å²) in [5.41, 5.74) is 1.52. The van der Waals surface area contributed by atoms with Crippen LogP contribution in [0.5, 0.6) is 5.75 Å². The standard InChI is InChI=1S/C20H19ClN2O3S/c1-9-4-6-13(12(21)7-9)22-18(25)16-17(24)15-11-5-3-10(2)8-14(11)27-20(15)23-19(16)26/h4,6-7,10H,3,5,8H2,1-2H3,(H,22,25)(H2,23,24,26). The van der Waals surface area contributed by atoms with E-state index in [1.165, 1.54) is 16.2 Å². The third-order valence-corrected chi connectivity index (χ3v) is 6.52. The largest absolute Gasteiger partial charge is 0.506 e. The number of hydrogen-bond donors (Lipinski definition) is 3. The lowest BCUT2D eigenvalue weighted by atomic mass is 9.89. The number of nitrogens with one attached hydrogen (secondary N) is 2. The summed E-state index contributed by atoms with van der Waals surface area (Å²) in [5.74, 6) is -0.349. The molecule has 1 atom stereocenters. The molecule has 27 heavy (non-hydrogen) atoms.